The lowest BCUT2D eigenvalue weighted by atomic mass is 10.2. The minimum atomic E-state index is -0.601. The van der Waals surface area contributed by atoms with Crippen LogP contribution in [0.2, 0.25) is 0 Å². The van der Waals surface area contributed by atoms with E-state index in [1.165, 1.54) is 12.1 Å². The molecule has 2 amide bonds. The predicted octanol–water partition coefficient (Wildman–Crippen LogP) is 1.21. The topological polar surface area (TPSA) is 169 Å². The van der Waals surface area contributed by atoms with E-state index in [0.29, 0.717) is 44.4 Å². The van der Waals surface area contributed by atoms with Gasteiger partial charge in [0.2, 0.25) is 5.91 Å². The fraction of sp³-hybridized carbons (Fsp3) is 0.304. The third-order valence-corrected chi connectivity index (χ3v) is 6.08. The van der Waals surface area contributed by atoms with Crippen LogP contribution in [0.5, 0.6) is 5.75 Å². The van der Waals surface area contributed by atoms with Crippen molar-refractivity contribution in [3.05, 3.63) is 52.3 Å². The number of fused-ring (bicyclic) bond motifs is 2. The van der Waals surface area contributed by atoms with Crippen LogP contribution in [-0.2, 0) is 16.1 Å². The lowest BCUT2D eigenvalue weighted by Crippen LogP contribution is -2.48. The molecule has 13 nitrogen and oxygen atoms in total. The Bertz CT molecular complexity index is 1360. The molecule has 2 aromatic carbocycles. The zero-order valence-corrected chi connectivity index (χ0v) is 19.3. The number of para-hydroxylation sites is 1. The van der Waals surface area contributed by atoms with Crippen LogP contribution < -0.4 is 21.1 Å². The number of nitrogen functional groups attached to an aromatic ring is 1. The predicted molar refractivity (Wildman–Crippen MR) is 132 cm³/mol. The van der Waals surface area contributed by atoms with E-state index in [1.807, 2.05) is 29.2 Å². The Morgan fingerprint density at radius 3 is 2.69 bits per heavy atom. The van der Waals surface area contributed by atoms with Gasteiger partial charge in [0.25, 0.3) is 11.6 Å². The number of amides is 2. The molecule has 1 fully saturated rings. The van der Waals surface area contributed by atoms with Gasteiger partial charge in [-0.05, 0) is 18.2 Å². The highest BCUT2D eigenvalue weighted by molar-refractivity contribution is 6.00. The summed E-state index contributed by atoms with van der Waals surface area (Å²) in [5, 5.41) is 17.5. The van der Waals surface area contributed by atoms with Crippen molar-refractivity contribution in [2.45, 2.75) is 6.54 Å². The number of nitrogens with one attached hydrogen (secondary N) is 2. The number of benzene rings is 2. The van der Waals surface area contributed by atoms with Gasteiger partial charge in [0.15, 0.2) is 12.4 Å². The Labute approximate surface area is 205 Å². The number of ether oxygens (including phenoxy) is 1. The van der Waals surface area contributed by atoms with Gasteiger partial charge < -0.3 is 21.1 Å². The van der Waals surface area contributed by atoms with Crippen LogP contribution in [0.25, 0.3) is 10.9 Å². The fourth-order valence-corrected chi connectivity index (χ4v) is 4.29. The zero-order valence-electron chi connectivity index (χ0n) is 19.3. The summed E-state index contributed by atoms with van der Waals surface area (Å²) in [7, 11) is 0. The van der Waals surface area contributed by atoms with Gasteiger partial charge in [-0.1, -0.05) is 12.1 Å². The van der Waals surface area contributed by atoms with Crippen molar-refractivity contribution in [3.8, 4) is 5.75 Å². The summed E-state index contributed by atoms with van der Waals surface area (Å²) < 4.78 is 5.23. The second kappa shape index (κ2) is 9.71. The van der Waals surface area contributed by atoms with Crippen molar-refractivity contribution in [1.82, 2.24) is 19.8 Å². The number of nitro groups is 1. The quantitative estimate of drug-likeness (QED) is 0.336. The molecule has 2 aliphatic heterocycles. The Balaban J connectivity index is 1.18. The lowest BCUT2D eigenvalue weighted by molar-refractivity contribution is -0.384. The number of carbonyl (C=O) groups excluding carboxylic acids is 2. The number of aromatic nitrogens is 2. The zero-order chi connectivity index (χ0) is 25.2. The van der Waals surface area contributed by atoms with E-state index < -0.39 is 4.92 Å². The Kier molecular flexibility index (Phi) is 6.31. The molecule has 36 heavy (non-hydrogen) atoms. The highest BCUT2D eigenvalue weighted by atomic mass is 16.6. The van der Waals surface area contributed by atoms with Gasteiger partial charge in [0, 0.05) is 31.6 Å². The first-order valence-electron chi connectivity index (χ1n) is 11.4. The van der Waals surface area contributed by atoms with Crippen molar-refractivity contribution in [2.75, 3.05) is 55.7 Å². The van der Waals surface area contributed by atoms with Gasteiger partial charge in [0.1, 0.15) is 17.3 Å². The highest BCUT2D eigenvalue weighted by Gasteiger charge is 2.26. The van der Waals surface area contributed by atoms with E-state index in [1.54, 1.807) is 0 Å². The molecule has 0 atom stereocenters. The molecular formula is C23H24N8O5. The number of rotatable bonds is 6. The van der Waals surface area contributed by atoms with Crippen molar-refractivity contribution in [2.24, 2.45) is 0 Å². The van der Waals surface area contributed by atoms with Gasteiger partial charge in [-0.3, -0.25) is 29.5 Å². The number of hydrogen-bond acceptors (Lipinski definition) is 10. The van der Waals surface area contributed by atoms with E-state index in [0.717, 1.165) is 10.9 Å². The molecule has 0 aliphatic carbocycles. The number of carbonyl (C=O) groups is 2. The monoisotopic (exact) mass is 492 g/mol. The Morgan fingerprint density at radius 2 is 1.92 bits per heavy atom. The van der Waals surface area contributed by atoms with Crippen LogP contribution in [0.15, 0.2) is 36.4 Å². The van der Waals surface area contributed by atoms with Crippen molar-refractivity contribution >= 4 is 45.6 Å². The smallest absolute Gasteiger partial charge is 0.296 e. The van der Waals surface area contributed by atoms with Crippen LogP contribution in [0.1, 0.15) is 5.82 Å². The molecule has 0 saturated carbocycles. The highest BCUT2D eigenvalue weighted by Crippen LogP contribution is 2.37. The van der Waals surface area contributed by atoms with Crippen LogP contribution in [0.3, 0.4) is 0 Å². The van der Waals surface area contributed by atoms with Crippen molar-refractivity contribution < 1.29 is 19.2 Å². The summed E-state index contributed by atoms with van der Waals surface area (Å²) in [6.45, 7) is 3.06. The normalized spacial score (nSPS) is 16.2. The number of piperazine rings is 1. The molecule has 2 aliphatic rings. The molecule has 13 heteroatoms. The second-order valence-electron chi connectivity index (χ2n) is 8.60. The van der Waals surface area contributed by atoms with Gasteiger partial charge in [-0.2, -0.15) is 0 Å². The molecule has 1 saturated heterocycles. The van der Waals surface area contributed by atoms with Crippen LogP contribution in [-0.4, -0.2) is 75.8 Å². The molecule has 0 spiro atoms. The van der Waals surface area contributed by atoms with Gasteiger partial charge in [-0.25, -0.2) is 9.97 Å². The number of nitrogens with zero attached hydrogens (tertiary/aromatic N) is 5. The number of anilines is 3. The van der Waals surface area contributed by atoms with E-state index >= 15 is 0 Å². The summed E-state index contributed by atoms with van der Waals surface area (Å²) in [5.41, 5.74) is 6.85. The molecule has 3 aromatic rings. The third kappa shape index (κ3) is 5.01. The van der Waals surface area contributed by atoms with E-state index in [9.17, 15) is 19.7 Å². The van der Waals surface area contributed by atoms with E-state index in [-0.39, 0.29) is 47.8 Å². The molecular weight excluding hydrogens is 468 g/mol. The standard InChI is InChI=1S/C23H24N8O5/c24-23-14-3-1-2-4-15(14)25-20(28-23)11-29-5-7-30(8-6-29)12-21(32)26-16-9-17-19(10-18(16)31(34)35)36-13-22(33)27-17/h1-4,9-10H,5-8,11-13H2,(H,26,32)(H,27,33)(H2,24,25,28). The summed E-state index contributed by atoms with van der Waals surface area (Å²) >= 11 is 0. The third-order valence-electron chi connectivity index (χ3n) is 6.08. The number of hydrogen-bond donors (Lipinski definition) is 3. The van der Waals surface area contributed by atoms with E-state index in [4.69, 9.17) is 10.5 Å². The average Bonchev–Trinajstić information content (AvgIpc) is 2.84. The van der Waals surface area contributed by atoms with Gasteiger partial charge in [0.05, 0.1) is 35.3 Å². The molecule has 4 N–H and O–H groups in total. The number of nitro benzene ring substituents is 1. The van der Waals surface area contributed by atoms with Crippen LogP contribution >= 0.6 is 0 Å². The van der Waals surface area contributed by atoms with Crippen LogP contribution in [0, 0.1) is 10.1 Å². The Morgan fingerprint density at radius 1 is 1.17 bits per heavy atom. The van der Waals surface area contributed by atoms with Gasteiger partial charge >= 0.3 is 0 Å². The van der Waals surface area contributed by atoms with Crippen molar-refractivity contribution in [1.29, 1.82) is 0 Å². The molecule has 186 valence electrons. The largest absolute Gasteiger partial charge is 0.481 e. The summed E-state index contributed by atoms with van der Waals surface area (Å²) in [6, 6.07) is 10.1. The van der Waals surface area contributed by atoms with E-state index in [2.05, 4.69) is 25.5 Å². The first kappa shape index (κ1) is 23.4. The second-order valence-corrected chi connectivity index (χ2v) is 8.60. The minimum Gasteiger partial charge on any atom is -0.481 e. The average molecular weight is 492 g/mol. The summed E-state index contributed by atoms with van der Waals surface area (Å²) in [4.78, 5) is 48.3. The summed E-state index contributed by atoms with van der Waals surface area (Å²) in [6.07, 6.45) is 0. The van der Waals surface area contributed by atoms with Gasteiger partial charge in [-0.15, -0.1) is 0 Å². The first-order valence-corrected chi connectivity index (χ1v) is 11.4. The SMILES string of the molecule is Nc1nc(CN2CCN(CC(=O)Nc3cc4c(cc3[N+](=O)[O-])OCC(=O)N4)CC2)nc2ccccc12. The molecule has 1 aromatic heterocycles. The number of nitrogens with two attached hydrogens (primary N) is 1. The maximum absolute atomic E-state index is 12.7. The van der Waals surface area contributed by atoms with Crippen molar-refractivity contribution in [3.63, 3.8) is 0 Å². The lowest BCUT2D eigenvalue weighted by Gasteiger charge is -2.33. The molecule has 5 rings (SSSR count). The molecule has 0 bridgehead atoms. The molecule has 0 unspecified atom stereocenters. The minimum absolute atomic E-state index is 0.000715. The molecule has 0 radical (unpaired) electrons. The maximum atomic E-state index is 12.7. The maximum Gasteiger partial charge on any atom is 0.296 e. The van der Waals surface area contributed by atoms with Crippen LogP contribution in [0.4, 0.5) is 22.9 Å². The first-order chi connectivity index (χ1) is 17.4. The summed E-state index contributed by atoms with van der Waals surface area (Å²) in [5.74, 6) is 0.525. The molecule has 3 heterocycles. The Hall–Kier alpha value is -4.36. The fourth-order valence-electron chi connectivity index (χ4n) is 4.29.